The Bertz CT molecular complexity index is 1500. The van der Waals surface area contributed by atoms with Gasteiger partial charge in [0.05, 0.1) is 6.42 Å². The lowest BCUT2D eigenvalue weighted by Gasteiger charge is -2.18. The number of carbonyl (C=O) groups excluding carboxylic acids is 3. The van der Waals surface area contributed by atoms with E-state index in [2.05, 4.69) is 142 Å². The first kappa shape index (κ1) is 63.5. The molecule has 0 aliphatic rings. The van der Waals surface area contributed by atoms with Crippen LogP contribution in [0.25, 0.3) is 0 Å². The van der Waals surface area contributed by atoms with E-state index in [-0.39, 0.29) is 31.6 Å². The highest BCUT2D eigenvalue weighted by Crippen LogP contribution is 2.14. The van der Waals surface area contributed by atoms with Crippen LogP contribution in [-0.4, -0.2) is 37.2 Å². The van der Waals surface area contributed by atoms with Gasteiger partial charge in [0, 0.05) is 12.8 Å². The molecular weight excluding hydrogens is 841 g/mol. The van der Waals surface area contributed by atoms with Crippen molar-refractivity contribution in [2.24, 2.45) is 0 Å². The van der Waals surface area contributed by atoms with Crippen molar-refractivity contribution in [3.8, 4) is 0 Å². The molecule has 0 spiro atoms. The van der Waals surface area contributed by atoms with Crippen molar-refractivity contribution in [1.82, 2.24) is 0 Å². The van der Waals surface area contributed by atoms with Crippen LogP contribution in [0.15, 0.2) is 134 Å². The lowest BCUT2D eigenvalue weighted by atomic mass is 10.1. The molecule has 1 atom stereocenters. The predicted molar refractivity (Wildman–Crippen MR) is 292 cm³/mol. The van der Waals surface area contributed by atoms with E-state index >= 15 is 0 Å². The molecule has 0 heterocycles. The lowest BCUT2D eigenvalue weighted by molar-refractivity contribution is -0.166. The van der Waals surface area contributed by atoms with Gasteiger partial charge in [-0.05, 0) is 96.3 Å². The van der Waals surface area contributed by atoms with Crippen molar-refractivity contribution in [3.63, 3.8) is 0 Å². The van der Waals surface area contributed by atoms with E-state index in [1.54, 1.807) is 6.08 Å². The van der Waals surface area contributed by atoms with Gasteiger partial charge in [0.1, 0.15) is 13.2 Å². The molecule has 0 fully saturated rings. The fraction of sp³-hybridized carbons (Fsp3) is 0.597. The summed E-state index contributed by atoms with van der Waals surface area (Å²) in [5.74, 6) is -1.07. The fourth-order valence-electron chi connectivity index (χ4n) is 6.93. The number of esters is 3. The summed E-state index contributed by atoms with van der Waals surface area (Å²) in [6, 6.07) is 0. The van der Waals surface area contributed by atoms with Crippen LogP contribution in [0.4, 0.5) is 0 Å². The third-order valence-electron chi connectivity index (χ3n) is 10.9. The van der Waals surface area contributed by atoms with Gasteiger partial charge in [-0.1, -0.05) is 238 Å². The Balaban J connectivity index is 4.21. The maximum atomic E-state index is 12.7. The molecule has 0 aliphatic carbocycles. The second kappa shape index (κ2) is 55.1. The molecule has 0 N–H and O–H groups in total. The Labute approximate surface area is 417 Å². The first-order chi connectivity index (χ1) is 33.5. The Kier molecular flexibility index (Phi) is 51.5. The molecular formula is C62H98O6. The zero-order chi connectivity index (χ0) is 49.3. The molecule has 1 unspecified atom stereocenters. The summed E-state index contributed by atoms with van der Waals surface area (Å²) >= 11 is 0. The van der Waals surface area contributed by atoms with E-state index in [9.17, 15) is 14.4 Å². The van der Waals surface area contributed by atoms with Crippen LogP contribution in [-0.2, 0) is 28.6 Å². The molecule has 382 valence electrons. The summed E-state index contributed by atoms with van der Waals surface area (Å²) in [4.78, 5) is 37.7. The van der Waals surface area contributed by atoms with Gasteiger partial charge in [-0.15, -0.1) is 0 Å². The fourth-order valence-corrected chi connectivity index (χ4v) is 6.93. The summed E-state index contributed by atoms with van der Waals surface area (Å²) < 4.78 is 16.6. The first-order valence-electron chi connectivity index (χ1n) is 27.2. The molecule has 0 aromatic heterocycles. The second-order valence-corrected chi connectivity index (χ2v) is 17.4. The van der Waals surface area contributed by atoms with Crippen LogP contribution >= 0.6 is 0 Å². The molecule has 0 bridgehead atoms. The van der Waals surface area contributed by atoms with Crippen LogP contribution in [0.2, 0.25) is 0 Å². The molecule has 68 heavy (non-hydrogen) atoms. The number of carbonyl (C=O) groups is 3. The lowest BCUT2D eigenvalue weighted by Crippen LogP contribution is -2.30. The number of hydrogen-bond donors (Lipinski definition) is 0. The third-order valence-corrected chi connectivity index (χ3v) is 10.9. The van der Waals surface area contributed by atoms with E-state index in [0.29, 0.717) is 19.3 Å². The van der Waals surface area contributed by atoms with Gasteiger partial charge in [0.15, 0.2) is 6.10 Å². The molecule has 0 amide bonds. The standard InChI is InChI=1S/C62H98O6/c1-4-7-10-13-16-18-20-22-24-25-26-27-28-29-30-31-32-33-34-35-36-37-39-40-42-44-46-49-52-55-61(64)67-58-59(57-66-60(63)54-51-48-15-12-9-6-3)68-62(65)56-53-50-47-45-43-41-38-23-21-19-17-14-11-8-5-2/h7-8,10-11,16-19,22-24,26-27,29-30,32-33,38,43,45,50,53,59H,4-6,9,12-15,20-21,25,28,31,34-37,39-42,44,46-49,51-52,54-58H2,1-3H3/b10-7-,11-8-,18-16-,19-17-,24-22-,27-26-,30-29-,33-32-,38-23-,45-43-,53-50-. The van der Waals surface area contributed by atoms with E-state index in [1.807, 2.05) is 6.08 Å². The van der Waals surface area contributed by atoms with E-state index in [4.69, 9.17) is 14.2 Å². The normalized spacial score (nSPS) is 13.2. The second-order valence-electron chi connectivity index (χ2n) is 17.4. The van der Waals surface area contributed by atoms with Gasteiger partial charge >= 0.3 is 17.9 Å². The topological polar surface area (TPSA) is 78.9 Å². The number of unbranched alkanes of at least 4 members (excludes halogenated alkanes) is 15. The van der Waals surface area contributed by atoms with Crippen molar-refractivity contribution < 1.29 is 28.6 Å². The summed E-state index contributed by atoms with van der Waals surface area (Å²) in [6.07, 6.45) is 77.9. The number of allylic oxidation sites excluding steroid dienone is 21. The average molecular weight is 939 g/mol. The predicted octanol–water partition coefficient (Wildman–Crippen LogP) is 18.3. The minimum atomic E-state index is -0.834. The number of hydrogen-bond acceptors (Lipinski definition) is 6. The SMILES string of the molecule is CC/C=C\C/C=C\C/C=C\C/C=C\C/C=C\C/C=C\CCCCCCCCCCCCC(=O)OCC(COC(=O)CCCCCCCC)OC(=O)C/C=C\C/C=C\C/C=C\C/C=C\C/C=C\CC. The zero-order valence-electron chi connectivity index (χ0n) is 43.6. The van der Waals surface area contributed by atoms with Gasteiger partial charge in [-0.3, -0.25) is 14.4 Å². The molecule has 0 rings (SSSR count). The van der Waals surface area contributed by atoms with Crippen molar-refractivity contribution >= 4 is 17.9 Å². The summed E-state index contributed by atoms with van der Waals surface area (Å²) in [6.45, 7) is 6.24. The Morgan fingerprint density at radius 3 is 0.971 bits per heavy atom. The van der Waals surface area contributed by atoms with Crippen molar-refractivity contribution in [2.45, 2.75) is 226 Å². The molecule has 0 aliphatic heterocycles. The summed E-state index contributed by atoms with van der Waals surface area (Å²) in [5.41, 5.74) is 0. The first-order valence-corrected chi connectivity index (χ1v) is 27.2. The van der Waals surface area contributed by atoms with Crippen LogP contribution in [0, 0.1) is 0 Å². The van der Waals surface area contributed by atoms with Crippen molar-refractivity contribution in [2.75, 3.05) is 13.2 Å². The van der Waals surface area contributed by atoms with Gasteiger partial charge < -0.3 is 14.2 Å². The average Bonchev–Trinajstić information content (AvgIpc) is 3.34. The Morgan fingerprint density at radius 2 is 0.618 bits per heavy atom. The van der Waals surface area contributed by atoms with Gasteiger partial charge in [0.25, 0.3) is 0 Å². The van der Waals surface area contributed by atoms with Crippen LogP contribution < -0.4 is 0 Å². The van der Waals surface area contributed by atoms with Crippen LogP contribution in [0.1, 0.15) is 220 Å². The molecule has 6 nitrogen and oxygen atoms in total. The van der Waals surface area contributed by atoms with Crippen molar-refractivity contribution in [1.29, 1.82) is 0 Å². The smallest absolute Gasteiger partial charge is 0.310 e. The minimum absolute atomic E-state index is 0.0920. The Morgan fingerprint density at radius 1 is 0.324 bits per heavy atom. The summed E-state index contributed by atoms with van der Waals surface area (Å²) in [7, 11) is 0. The maximum absolute atomic E-state index is 12.7. The minimum Gasteiger partial charge on any atom is -0.462 e. The maximum Gasteiger partial charge on any atom is 0.310 e. The number of ether oxygens (including phenoxy) is 3. The molecule has 0 saturated carbocycles. The van der Waals surface area contributed by atoms with Crippen LogP contribution in [0.5, 0.6) is 0 Å². The van der Waals surface area contributed by atoms with Gasteiger partial charge in [0.2, 0.25) is 0 Å². The van der Waals surface area contributed by atoms with Crippen molar-refractivity contribution in [3.05, 3.63) is 134 Å². The van der Waals surface area contributed by atoms with E-state index in [0.717, 1.165) is 109 Å². The Hall–Kier alpha value is -4.45. The van der Waals surface area contributed by atoms with E-state index < -0.39 is 12.1 Å². The molecule has 0 aromatic rings. The highest BCUT2D eigenvalue weighted by Gasteiger charge is 2.19. The third kappa shape index (κ3) is 52.5. The summed E-state index contributed by atoms with van der Waals surface area (Å²) in [5, 5.41) is 0. The monoisotopic (exact) mass is 939 g/mol. The van der Waals surface area contributed by atoms with Gasteiger partial charge in [-0.2, -0.15) is 0 Å². The van der Waals surface area contributed by atoms with Crippen LogP contribution in [0.3, 0.4) is 0 Å². The molecule has 0 radical (unpaired) electrons. The molecule has 0 aromatic carbocycles. The molecule has 6 heteroatoms. The highest BCUT2D eigenvalue weighted by molar-refractivity contribution is 5.72. The quantitative estimate of drug-likeness (QED) is 0.0262. The zero-order valence-corrected chi connectivity index (χ0v) is 43.6. The number of rotatable bonds is 47. The van der Waals surface area contributed by atoms with E-state index in [1.165, 1.54) is 64.2 Å². The highest BCUT2D eigenvalue weighted by atomic mass is 16.6. The van der Waals surface area contributed by atoms with Gasteiger partial charge in [-0.25, -0.2) is 0 Å². The largest absolute Gasteiger partial charge is 0.462 e. The molecule has 0 saturated heterocycles.